The van der Waals surface area contributed by atoms with Gasteiger partial charge in [0.15, 0.2) is 12.1 Å². The molecule has 0 bridgehead atoms. The summed E-state index contributed by atoms with van der Waals surface area (Å²) >= 11 is 0. The molecule has 2 unspecified atom stereocenters. The molecule has 0 aromatic carbocycles. The number of rotatable bonds is 13. The molecular formula is C18H28N2O6. The van der Waals surface area contributed by atoms with E-state index in [4.69, 9.17) is 9.47 Å². The molecule has 0 fully saturated rings. The standard InChI is InChI=1S/C18H28N2O6/c1-13(2)9-15(19-11-21)17(23)25-7-5-6-8-26-18(24)16(20-12-22)10-14(3)4/h13-16H,5-10H2,1-4H3. The lowest BCUT2D eigenvalue weighted by Crippen LogP contribution is -2.24. The monoisotopic (exact) mass is 368 g/mol. The topological polar surface area (TPSA) is 111 Å². The first-order chi connectivity index (χ1) is 12.3. The zero-order valence-electron chi connectivity index (χ0n) is 15.9. The molecule has 8 nitrogen and oxygen atoms in total. The lowest BCUT2D eigenvalue weighted by atomic mass is 10.0. The van der Waals surface area contributed by atoms with Crippen LogP contribution in [0.3, 0.4) is 0 Å². The second kappa shape index (κ2) is 13.9. The van der Waals surface area contributed by atoms with Crippen LogP contribution >= 0.6 is 0 Å². The average Bonchev–Trinajstić information content (AvgIpc) is 2.56. The van der Waals surface area contributed by atoms with Gasteiger partial charge in [-0.2, -0.15) is 9.98 Å². The number of hydrogen-bond donors (Lipinski definition) is 0. The molecule has 0 heterocycles. The molecule has 0 aromatic heterocycles. The van der Waals surface area contributed by atoms with Crippen molar-refractivity contribution in [3.05, 3.63) is 0 Å². The van der Waals surface area contributed by atoms with Gasteiger partial charge in [-0.05, 0) is 37.5 Å². The first-order valence-corrected chi connectivity index (χ1v) is 8.79. The number of carbonyl (C=O) groups is 2. The van der Waals surface area contributed by atoms with Crippen molar-refractivity contribution in [3.63, 3.8) is 0 Å². The van der Waals surface area contributed by atoms with Crippen LogP contribution in [0.15, 0.2) is 9.98 Å². The number of esters is 2. The van der Waals surface area contributed by atoms with Crippen molar-refractivity contribution in [2.24, 2.45) is 21.8 Å². The molecule has 0 saturated carbocycles. The minimum atomic E-state index is -0.830. The Morgan fingerprint density at radius 2 is 1.12 bits per heavy atom. The maximum atomic E-state index is 11.8. The second-order valence-electron chi connectivity index (χ2n) is 6.77. The first kappa shape index (κ1) is 23.7. The summed E-state index contributed by atoms with van der Waals surface area (Å²) in [6, 6.07) is -1.66. The third kappa shape index (κ3) is 11.3. The van der Waals surface area contributed by atoms with Crippen LogP contribution in [0.25, 0.3) is 0 Å². The van der Waals surface area contributed by atoms with Crippen molar-refractivity contribution >= 4 is 24.1 Å². The van der Waals surface area contributed by atoms with Gasteiger partial charge in [-0.3, -0.25) is 0 Å². The van der Waals surface area contributed by atoms with Crippen LogP contribution in [0.4, 0.5) is 0 Å². The van der Waals surface area contributed by atoms with Gasteiger partial charge in [-0.25, -0.2) is 19.2 Å². The molecule has 146 valence electrons. The van der Waals surface area contributed by atoms with E-state index < -0.39 is 24.0 Å². The van der Waals surface area contributed by atoms with Crippen molar-refractivity contribution in [2.45, 2.75) is 65.5 Å². The van der Waals surface area contributed by atoms with Gasteiger partial charge >= 0.3 is 11.9 Å². The Labute approximate surface area is 154 Å². The van der Waals surface area contributed by atoms with E-state index in [0.717, 1.165) is 0 Å². The summed E-state index contributed by atoms with van der Waals surface area (Å²) in [5, 5.41) is 0. The van der Waals surface area contributed by atoms with Crippen LogP contribution < -0.4 is 0 Å². The number of isocyanates is 2. The van der Waals surface area contributed by atoms with Gasteiger partial charge in [-0.15, -0.1) is 0 Å². The van der Waals surface area contributed by atoms with Crippen LogP contribution in [0.5, 0.6) is 0 Å². The molecule has 0 aliphatic heterocycles. The summed E-state index contributed by atoms with van der Waals surface area (Å²) in [6.07, 6.45) is 4.60. The summed E-state index contributed by atoms with van der Waals surface area (Å²) in [6.45, 7) is 7.93. The highest BCUT2D eigenvalue weighted by molar-refractivity contribution is 5.77. The van der Waals surface area contributed by atoms with Gasteiger partial charge in [0.2, 0.25) is 12.2 Å². The Hall–Kier alpha value is -2.30. The molecular weight excluding hydrogens is 340 g/mol. The summed E-state index contributed by atoms with van der Waals surface area (Å²) in [5.41, 5.74) is 0. The largest absolute Gasteiger partial charge is 0.464 e. The zero-order chi connectivity index (χ0) is 19.9. The smallest absolute Gasteiger partial charge is 0.331 e. The molecule has 0 amide bonds. The fourth-order valence-electron chi connectivity index (χ4n) is 2.17. The van der Waals surface area contributed by atoms with Gasteiger partial charge in [0.1, 0.15) is 0 Å². The highest BCUT2D eigenvalue weighted by Crippen LogP contribution is 2.11. The van der Waals surface area contributed by atoms with Gasteiger partial charge < -0.3 is 9.47 Å². The normalized spacial score (nSPS) is 12.7. The Kier molecular flexibility index (Phi) is 12.7. The number of nitrogens with zero attached hydrogens (tertiary/aromatic N) is 2. The molecule has 0 N–H and O–H groups in total. The molecule has 0 aromatic rings. The Balaban J connectivity index is 4.11. The first-order valence-electron chi connectivity index (χ1n) is 8.79. The predicted molar refractivity (Wildman–Crippen MR) is 93.9 cm³/mol. The molecule has 0 spiro atoms. The summed E-state index contributed by atoms with van der Waals surface area (Å²) in [5.74, 6) is -0.735. The molecule has 0 rings (SSSR count). The SMILES string of the molecule is CC(C)CC(N=C=O)C(=O)OCCCCOC(=O)C(CC(C)C)N=C=O. The van der Waals surface area contributed by atoms with E-state index in [9.17, 15) is 19.2 Å². The summed E-state index contributed by atoms with van der Waals surface area (Å²) < 4.78 is 10.2. The second-order valence-corrected chi connectivity index (χ2v) is 6.77. The van der Waals surface area contributed by atoms with Crippen LogP contribution in [0.1, 0.15) is 53.4 Å². The van der Waals surface area contributed by atoms with E-state index in [2.05, 4.69) is 9.98 Å². The van der Waals surface area contributed by atoms with Gasteiger partial charge in [-0.1, -0.05) is 27.7 Å². The molecule has 0 aliphatic carbocycles. The van der Waals surface area contributed by atoms with Crippen LogP contribution in [-0.2, 0) is 28.7 Å². The third-order valence-electron chi connectivity index (χ3n) is 3.38. The van der Waals surface area contributed by atoms with Gasteiger partial charge in [0, 0.05) is 0 Å². The van der Waals surface area contributed by atoms with E-state index in [1.807, 2.05) is 27.7 Å². The summed E-state index contributed by atoms with van der Waals surface area (Å²) in [7, 11) is 0. The Morgan fingerprint density at radius 1 is 0.769 bits per heavy atom. The highest BCUT2D eigenvalue weighted by Gasteiger charge is 2.21. The number of hydrogen-bond acceptors (Lipinski definition) is 8. The van der Waals surface area contributed by atoms with Crippen molar-refractivity contribution in [3.8, 4) is 0 Å². The number of carbonyl (C=O) groups excluding carboxylic acids is 4. The van der Waals surface area contributed by atoms with Crippen LogP contribution in [-0.4, -0.2) is 49.4 Å². The zero-order valence-corrected chi connectivity index (χ0v) is 15.9. The van der Waals surface area contributed by atoms with Crippen molar-refractivity contribution < 1.29 is 28.7 Å². The van der Waals surface area contributed by atoms with E-state index in [-0.39, 0.29) is 25.0 Å². The molecule has 26 heavy (non-hydrogen) atoms. The maximum Gasteiger partial charge on any atom is 0.331 e. The number of ether oxygens (including phenoxy) is 2. The lowest BCUT2D eigenvalue weighted by Gasteiger charge is -2.13. The minimum absolute atomic E-state index is 0.140. The quantitative estimate of drug-likeness (QED) is 0.213. The van der Waals surface area contributed by atoms with Gasteiger partial charge in [0.25, 0.3) is 0 Å². The fraction of sp³-hybridized carbons (Fsp3) is 0.778. The van der Waals surface area contributed by atoms with Crippen molar-refractivity contribution in [1.29, 1.82) is 0 Å². The Morgan fingerprint density at radius 3 is 1.38 bits per heavy atom. The maximum absolute atomic E-state index is 11.8. The molecule has 8 heteroatoms. The van der Waals surface area contributed by atoms with E-state index in [1.165, 1.54) is 12.2 Å². The van der Waals surface area contributed by atoms with E-state index in [1.54, 1.807) is 0 Å². The van der Waals surface area contributed by atoms with E-state index >= 15 is 0 Å². The summed E-state index contributed by atoms with van der Waals surface area (Å²) in [4.78, 5) is 51.4. The fourth-order valence-corrected chi connectivity index (χ4v) is 2.17. The Bertz CT molecular complexity index is 486. The minimum Gasteiger partial charge on any atom is -0.464 e. The average molecular weight is 368 g/mol. The van der Waals surface area contributed by atoms with E-state index in [0.29, 0.717) is 25.7 Å². The van der Waals surface area contributed by atoms with Crippen molar-refractivity contribution in [2.75, 3.05) is 13.2 Å². The van der Waals surface area contributed by atoms with Crippen molar-refractivity contribution in [1.82, 2.24) is 0 Å². The number of aliphatic imine (C=N–C) groups is 2. The molecule has 0 aliphatic rings. The molecule has 0 saturated heterocycles. The molecule has 0 radical (unpaired) electrons. The third-order valence-corrected chi connectivity index (χ3v) is 3.38. The van der Waals surface area contributed by atoms with Crippen LogP contribution in [0, 0.1) is 11.8 Å². The predicted octanol–water partition coefficient (Wildman–Crippen LogP) is 2.35. The van der Waals surface area contributed by atoms with Gasteiger partial charge in [0.05, 0.1) is 13.2 Å². The highest BCUT2D eigenvalue weighted by atomic mass is 16.5. The number of unbranched alkanes of at least 4 members (excludes halogenated alkanes) is 1. The lowest BCUT2D eigenvalue weighted by molar-refractivity contribution is -0.148. The molecule has 2 atom stereocenters. The van der Waals surface area contributed by atoms with Crippen LogP contribution in [0.2, 0.25) is 0 Å².